The predicted octanol–water partition coefficient (Wildman–Crippen LogP) is 1.56. The van der Waals surface area contributed by atoms with Gasteiger partial charge in [0.2, 0.25) is 0 Å². The van der Waals surface area contributed by atoms with Crippen LogP contribution in [-0.4, -0.2) is 9.97 Å². The minimum absolute atomic E-state index is 0.283. The number of benzene rings is 1. The van der Waals surface area contributed by atoms with Crippen LogP contribution in [0.5, 0.6) is 0 Å². The Morgan fingerprint density at radius 1 is 1.18 bits per heavy atom. The molecule has 0 amide bonds. The molecule has 17 heavy (non-hydrogen) atoms. The fraction of sp³-hybridized carbons (Fsp3) is 0. The Morgan fingerprint density at radius 3 is 2.59 bits per heavy atom. The Kier molecular flexibility index (Phi) is 3.39. The third-order valence-electron chi connectivity index (χ3n) is 1.98. The van der Waals surface area contributed by atoms with Gasteiger partial charge in [-0.05, 0) is 28.1 Å². The van der Waals surface area contributed by atoms with E-state index in [9.17, 15) is 9.59 Å². The van der Waals surface area contributed by atoms with E-state index in [-0.39, 0.29) is 4.47 Å². The first-order valence-electron chi connectivity index (χ1n) is 4.62. The Morgan fingerprint density at radius 2 is 1.88 bits per heavy atom. The number of nitrogen functional groups attached to an aromatic ring is 1. The second-order valence-electron chi connectivity index (χ2n) is 3.19. The summed E-state index contributed by atoms with van der Waals surface area (Å²) in [7, 11) is 0. The van der Waals surface area contributed by atoms with E-state index >= 15 is 0 Å². The predicted molar refractivity (Wildman–Crippen MR) is 70.4 cm³/mol. The number of halogens is 1. The van der Waals surface area contributed by atoms with E-state index < -0.39 is 11.2 Å². The first kappa shape index (κ1) is 12.0. The molecule has 5 nitrogen and oxygen atoms in total. The maximum absolute atomic E-state index is 11.4. The quantitative estimate of drug-likeness (QED) is 0.579. The fourth-order valence-electron chi connectivity index (χ4n) is 1.20. The Labute approximate surface area is 109 Å². The van der Waals surface area contributed by atoms with Gasteiger partial charge in [0.25, 0.3) is 5.56 Å². The van der Waals surface area contributed by atoms with Crippen LogP contribution in [0.4, 0.5) is 5.69 Å². The van der Waals surface area contributed by atoms with Gasteiger partial charge in [0.1, 0.15) is 9.50 Å². The third kappa shape index (κ3) is 2.62. The number of hydrogen-bond acceptors (Lipinski definition) is 4. The van der Waals surface area contributed by atoms with Crippen LogP contribution < -0.4 is 17.0 Å². The number of rotatable bonds is 2. The molecule has 0 aliphatic carbocycles. The number of hydrogen-bond donors (Lipinski definition) is 3. The molecule has 1 aromatic heterocycles. The van der Waals surface area contributed by atoms with Gasteiger partial charge < -0.3 is 10.7 Å². The van der Waals surface area contributed by atoms with Crippen LogP contribution in [0.25, 0.3) is 0 Å². The van der Waals surface area contributed by atoms with Crippen molar-refractivity contribution >= 4 is 33.4 Å². The summed E-state index contributed by atoms with van der Waals surface area (Å²) >= 11 is 4.34. The zero-order valence-electron chi connectivity index (χ0n) is 8.49. The lowest BCUT2D eigenvalue weighted by molar-refractivity contribution is 0.931. The molecule has 7 heteroatoms. The van der Waals surface area contributed by atoms with Crippen molar-refractivity contribution in [1.29, 1.82) is 0 Å². The molecule has 0 spiro atoms. The van der Waals surface area contributed by atoms with Crippen LogP contribution in [0, 0.1) is 0 Å². The van der Waals surface area contributed by atoms with Crippen molar-refractivity contribution in [3.63, 3.8) is 0 Å². The summed E-state index contributed by atoms with van der Waals surface area (Å²) < 4.78 is 0.283. The number of anilines is 1. The van der Waals surface area contributed by atoms with Gasteiger partial charge in [-0.15, -0.1) is 0 Å². The fourth-order valence-corrected chi connectivity index (χ4v) is 2.52. The normalized spacial score (nSPS) is 10.4. The van der Waals surface area contributed by atoms with E-state index in [2.05, 4.69) is 25.9 Å². The number of H-pyrrole nitrogens is 2. The second-order valence-corrected chi connectivity index (χ2v) is 5.04. The molecule has 0 aliphatic rings. The molecule has 1 heterocycles. The molecule has 88 valence electrons. The van der Waals surface area contributed by atoms with E-state index in [4.69, 9.17) is 5.73 Å². The van der Waals surface area contributed by atoms with Crippen LogP contribution in [0.15, 0.2) is 48.2 Å². The van der Waals surface area contributed by atoms with E-state index in [0.29, 0.717) is 10.7 Å². The van der Waals surface area contributed by atoms with Crippen molar-refractivity contribution in [2.75, 3.05) is 5.73 Å². The van der Waals surface area contributed by atoms with Crippen LogP contribution >= 0.6 is 27.7 Å². The van der Waals surface area contributed by atoms with Gasteiger partial charge in [0.15, 0.2) is 0 Å². The van der Waals surface area contributed by atoms with Crippen molar-refractivity contribution in [3.8, 4) is 0 Å². The molecular formula is C10H8BrN3O2S. The van der Waals surface area contributed by atoms with Crippen molar-refractivity contribution in [3.05, 3.63) is 49.6 Å². The Bertz CT molecular complexity index is 665. The first-order chi connectivity index (χ1) is 8.08. The second kappa shape index (κ2) is 4.80. The Balaban J connectivity index is 2.47. The van der Waals surface area contributed by atoms with Crippen molar-refractivity contribution in [1.82, 2.24) is 9.97 Å². The number of aromatic nitrogens is 2. The maximum Gasteiger partial charge on any atom is 0.326 e. The molecular weight excluding hydrogens is 306 g/mol. The highest BCUT2D eigenvalue weighted by Crippen LogP contribution is 2.32. The van der Waals surface area contributed by atoms with Gasteiger partial charge in [0.05, 0.1) is 0 Å². The van der Waals surface area contributed by atoms with E-state index in [0.717, 1.165) is 4.90 Å². The number of para-hydroxylation sites is 1. The van der Waals surface area contributed by atoms with Gasteiger partial charge >= 0.3 is 5.69 Å². The van der Waals surface area contributed by atoms with Gasteiger partial charge in [-0.1, -0.05) is 23.9 Å². The molecule has 4 N–H and O–H groups in total. The molecule has 0 unspecified atom stereocenters. The monoisotopic (exact) mass is 313 g/mol. The summed E-state index contributed by atoms with van der Waals surface area (Å²) in [5.74, 6) is 0. The minimum atomic E-state index is -0.546. The summed E-state index contributed by atoms with van der Waals surface area (Å²) in [4.78, 5) is 28.0. The van der Waals surface area contributed by atoms with Crippen molar-refractivity contribution < 1.29 is 0 Å². The van der Waals surface area contributed by atoms with Gasteiger partial charge in [-0.25, -0.2) is 4.79 Å². The topological polar surface area (TPSA) is 91.7 Å². The molecule has 0 aliphatic heterocycles. The molecule has 0 radical (unpaired) electrons. The molecule has 2 rings (SSSR count). The summed E-state index contributed by atoms with van der Waals surface area (Å²) in [6, 6.07) is 7.21. The lowest BCUT2D eigenvalue weighted by atomic mass is 10.3. The first-order valence-corrected chi connectivity index (χ1v) is 6.23. The highest BCUT2D eigenvalue weighted by atomic mass is 79.9. The zero-order valence-corrected chi connectivity index (χ0v) is 10.9. The molecule has 0 fully saturated rings. The average Bonchev–Trinajstić information content (AvgIpc) is 2.28. The maximum atomic E-state index is 11.4. The SMILES string of the molecule is Nc1ccccc1Sc1[nH]c(=O)[nH]c(=O)c1Br. The lowest BCUT2D eigenvalue weighted by Gasteiger charge is -2.05. The Hall–Kier alpha value is -1.47. The molecule has 0 saturated heterocycles. The molecule has 0 saturated carbocycles. The largest absolute Gasteiger partial charge is 0.398 e. The summed E-state index contributed by atoms with van der Waals surface area (Å²) in [6.45, 7) is 0. The van der Waals surface area contributed by atoms with Gasteiger partial charge in [-0.3, -0.25) is 9.78 Å². The van der Waals surface area contributed by atoms with Crippen molar-refractivity contribution in [2.24, 2.45) is 0 Å². The summed E-state index contributed by atoms with van der Waals surface area (Å²) in [6.07, 6.45) is 0. The van der Waals surface area contributed by atoms with Crippen LogP contribution in [-0.2, 0) is 0 Å². The zero-order chi connectivity index (χ0) is 12.4. The van der Waals surface area contributed by atoms with E-state index in [1.54, 1.807) is 6.07 Å². The van der Waals surface area contributed by atoms with Gasteiger partial charge in [-0.2, -0.15) is 0 Å². The number of nitrogens with one attached hydrogen (secondary N) is 2. The van der Waals surface area contributed by atoms with E-state index in [1.807, 2.05) is 18.2 Å². The van der Waals surface area contributed by atoms with Gasteiger partial charge in [0, 0.05) is 10.6 Å². The third-order valence-corrected chi connectivity index (χ3v) is 4.10. The smallest absolute Gasteiger partial charge is 0.326 e. The molecule has 0 atom stereocenters. The highest BCUT2D eigenvalue weighted by molar-refractivity contribution is 9.10. The average molecular weight is 314 g/mol. The summed E-state index contributed by atoms with van der Waals surface area (Å²) in [5, 5.41) is 0.427. The van der Waals surface area contributed by atoms with Crippen LogP contribution in [0.3, 0.4) is 0 Å². The molecule has 0 bridgehead atoms. The van der Waals surface area contributed by atoms with Crippen LogP contribution in [0.1, 0.15) is 0 Å². The van der Waals surface area contributed by atoms with E-state index in [1.165, 1.54) is 11.8 Å². The summed E-state index contributed by atoms with van der Waals surface area (Å²) in [5.41, 5.74) is 5.36. The molecule has 1 aromatic carbocycles. The highest BCUT2D eigenvalue weighted by Gasteiger charge is 2.09. The van der Waals surface area contributed by atoms with Crippen LogP contribution in [0.2, 0.25) is 0 Å². The lowest BCUT2D eigenvalue weighted by Crippen LogP contribution is -2.23. The number of aromatic amines is 2. The minimum Gasteiger partial charge on any atom is -0.398 e. The number of nitrogens with two attached hydrogens (primary N) is 1. The van der Waals surface area contributed by atoms with Crippen molar-refractivity contribution in [2.45, 2.75) is 9.92 Å². The standard InChI is InChI=1S/C10H8BrN3O2S/c11-7-8(15)13-10(16)14-9(7)17-6-4-2-1-3-5(6)12/h1-4H,12H2,(H2,13,14,15,16). The molecule has 2 aromatic rings.